The van der Waals surface area contributed by atoms with Crippen molar-refractivity contribution in [3.63, 3.8) is 0 Å². The first-order valence-corrected chi connectivity index (χ1v) is 7.77. The molecule has 3 rings (SSSR count). The maximum atomic E-state index is 13.6. The summed E-state index contributed by atoms with van der Waals surface area (Å²) in [4.78, 5) is 13.3. The Balaban J connectivity index is 1.85. The zero-order valence-electron chi connectivity index (χ0n) is 12.3. The van der Waals surface area contributed by atoms with Gasteiger partial charge in [-0.15, -0.1) is 11.3 Å². The molecule has 0 saturated heterocycles. The van der Waals surface area contributed by atoms with E-state index >= 15 is 0 Å². The van der Waals surface area contributed by atoms with Crippen LogP contribution in [-0.4, -0.2) is 11.1 Å². The van der Waals surface area contributed by atoms with Crippen LogP contribution in [0.2, 0.25) is 0 Å². The lowest BCUT2D eigenvalue weighted by Crippen LogP contribution is -2.24. The summed E-state index contributed by atoms with van der Waals surface area (Å²) in [7, 11) is 0. The van der Waals surface area contributed by atoms with Crippen LogP contribution >= 0.6 is 11.3 Å². The lowest BCUT2D eigenvalue weighted by Gasteiger charge is -2.06. The Bertz CT molecular complexity index is 857. The Hall–Kier alpha value is -2.67. The van der Waals surface area contributed by atoms with Gasteiger partial charge in [0.15, 0.2) is 0 Å². The number of hydrogen-bond donors (Lipinski definition) is 2. The van der Waals surface area contributed by atoms with Crippen LogP contribution < -0.4 is 11.1 Å². The van der Waals surface area contributed by atoms with Gasteiger partial charge in [0.05, 0.1) is 4.88 Å². The number of nitrogen functional groups attached to an aromatic ring is 1. The SMILES string of the molecule is Cc1ccsc1-c1noc(N)c1C(=O)NCc1ccccc1F. The molecule has 2 heterocycles. The van der Waals surface area contributed by atoms with Crippen molar-refractivity contribution in [2.45, 2.75) is 13.5 Å². The maximum Gasteiger partial charge on any atom is 0.259 e. The van der Waals surface area contributed by atoms with Gasteiger partial charge in [0, 0.05) is 12.1 Å². The smallest absolute Gasteiger partial charge is 0.259 e. The van der Waals surface area contributed by atoms with E-state index < -0.39 is 5.91 Å². The number of nitrogens with one attached hydrogen (secondary N) is 1. The molecule has 0 radical (unpaired) electrons. The van der Waals surface area contributed by atoms with Crippen LogP contribution in [0.15, 0.2) is 40.2 Å². The number of hydrogen-bond acceptors (Lipinski definition) is 5. The van der Waals surface area contributed by atoms with Crippen molar-refractivity contribution in [3.05, 3.63) is 58.2 Å². The molecular weight excluding hydrogens is 317 g/mol. The van der Waals surface area contributed by atoms with Crippen molar-refractivity contribution in [1.29, 1.82) is 0 Å². The Morgan fingerprint density at radius 1 is 1.39 bits per heavy atom. The number of benzene rings is 1. The van der Waals surface area contributed by atoms with Crippen LogP contribution in [0.1, 0.15) is 21.5 Å². The second kappa shape index (κ2) is 6.21. The molecule has 0 bridgehead atoms. The molecule has 0 unspecified atom stereocenters. The summed E-state index contributed by atoms with van der Waals surface area (Å²) in [5.74, 6) is -0.881. The van der Waals surface area contributed by atoms with Crippen LogP contribution in [-0.2, 0) is 6.54 Å². The van der Waals surface area contributed by atoms with Crippen LogP contribution in [0.25, 0.3) is 10.6 Å². The van der Waals surface area contributed by atoms with E-state index in [4.69, 9.17) is 10.3 Å². The first kappa shape index (κ1) is 15.2. The lowest BCUT2D eigenvalue weighted by atomic mass is 10.1. The highest BCUT2D eigenvalue weighted by Crippen LogP contribution is 2.33. The molecule has 0 aliphatic heterocycles. The lowest BCUT2D eigenvalue weighted by molar-refractivity contribution is 0.0951. The van der Waals surface area contributed by atoms with Gasteiger partial charge in [-0.05, 0) is 30.0 Å². The van der Waals surface area contributed by atoms with E-state index in [2.05, 4.69) is 10.5 Å². The topological polar surface area (TPSA) is 81.2 Å². The van der Waals surface area contributed by atoms with E-state index in [9.17, 15) is 9.18 Å². The number of aryl methyl sites for hydroxylation is 1. The summed E-state index contributed by atoms with van der Waals surface area (Å²) in [5.41, 5.74) is 7.69. The van der Waals surface area contributed by atoms with Crippen LogP contribution in [0.4, 0.5) is 10.3 Å². The standard InChI is InChI=1S/C16H14FN3O2S/c1-9-6-7-23-14(9)13-12(15(18)22-20-13)16(21)19-8-10-4-2-3-5-11(10)17/h2-7H,8,18H2,1H3,(H,19,21). The van der Waals surface area contributed by atoms with Crippen molar-refractivity contribution < 1.29 is 13.7 Å². The van der Waals surface area contributed by atoms with Crippen molar-refractivity contribution >= 4 is 23.1 Å². The average molecular weight is 331 g/mol. The number of halogens is 1. The van der Waals surface area contributed by atoms with E-state index in [1.807, 2.05) is 18.4 Å². The number of thiophene rings is 1. The number of nitrogens with zero attached hydrogens (tertiary/aromatic N) is 1. The van der Waals surface area contributed by atoms with Crippen molar-refractivity contribution in [2.24, 2.45) is 0 Å². The predicted octanol–water partition coefficient (Wildman–Crippen LogP) is 3.36. The molecular formula is C16H14FN3O2S. The molecule has 3 N–H and O–H groups in total. The second-order valence-corrected chi connectivity index (χ2v) is 5.89. The minimum absolute atomic E-state index is 0.0546. The summed E-state index contributed by atoms with van der Waals surface area (Å²) < 4.78 is 18.6. The molecule has 23 heavy (non-hydrogen) atoms. The molecule has 3 aromatic rings. The quantitative estimate of drug-likeness (QED) is 0.768. The average Bonchev–Trinajstić information content (AvgIpc) is 3.11. The molecule has 0 atom stereocenters. The van der Waals surface area contributed by atoms with E-state index in [1.165, 1.54) is 17.4 Å². The fourth-order valence-corrected chi connectivity index (χ4v) is 3.11. The number of aromatic nitrogens is 1. The van der Waals surface area contributed by atoms with Gasteiger partial charge >= 0.3 is 0 Å². The Morgan fingerprint density at radius 2 is 2.17 bits per heavy atom. The highest BCUT2D eigenvalue weighted by atomic mass is 32.1. The van der Waals surface area contributed by atoms with E-state index in [0.29, 0.717) is 11.3 Å². The van der Waals surface area contributed by atoms with Gasteiger partial charge < -0.3 is 15.6 Å². The summed E-state index contributed by atoms with van der Waals surface area (Å²) >= 11 is 1.45. The number of rotatable bonds is 4. The zero-order chi connectivity index (χ0) is 16.4. The van der Waals surface area contributed by atoms with E-state index in [1.54, 1.807) is 18.2 Å². The third-order valence-corrected chi connectivity index (χ3v) is 4.44. The van der Waals surface area contributed by atoms with Crippen LogP contribution in [0.3, 0.4) is 0 Å². The molecule has 118 valence electrons. The summed E-state index contributed by atoms with van der Waals surface area (Å²) in [6.45, 7) is 1.97. The third-order valence-electron chi connectivity index (χ3n) is 3.42. The molecule has 1 aromatic carbocycles. The molecule has 7 heteroatoms. The highest BCUT2D eigenvalue weighted by Gasteiger charge is 2.24. The van der Waals surface area contributed by atoms with Crippen LogP contribution in [0.5, 0.6) is 0 Å². The number of amides is 1. The first-order chi connectivity index (χ1) is 11.1. The molecule has 0 aliphatic carbocycles. The number of nitrogens with two attached hydrogens (primary N) is 1. The fourth-order valence-electron chi connectivity index (χ4n) is 2.20. The van der Waals surface area contributed by atoms with Crippen molar-refractivity contribution in [2.75, 3.05) is 5.73 Å². The summed E-state index contributed by atoms with van der Waals surface area (Å²) in [6, 6.07) is 8.17. The third kappa shape index (κ3) is 2.95. The zero-order valence-corrected chi connectivity index (χ0v) is 13.1. The molecule has 5 nitrogen and oxygen atoms in total. The molecule has 0 saturated carbocycles. The molecule has 1 amide bonds. The van der Waals surface area contributed by atoms with Gasteiger partial charge in [-0.2, -0.15) is 0 Å². The first-order valence-electron chi connectivity index (χ1n) is 6.89. The fraction of sp³-hybridized carbons (Fsp3) is 0.125. The number of carbonyl (C=O) groups is 1. The molecule has 0 fully saturated rings. The second-order valence-electron chi connectivity index (χ2n) is 4.98. The summed E-state index contributed by atoms with van der Waals surface area (Å²) in [5, 5.41) is 8.44. The van der Waals surface area contributed by atoms with Gasteiger partial charge in [0.1, 0.15) is 17.1 Å². The maximum absolute atomic E-state index is 13.6. The van der Waals surface area contributed by atoms with Gasteiger partial charge in [-0.1, -0.05) is 23.4 Å². The largest absolute Gasteiger partial charge is 0.367 e. The normalized spacial score (nSPS) is 10.7. The van der Waals surface area contributed by atoms with Gasteiger partial charge in [0.2, 0.25) is 5.88 Å². The molecule has 0 aliphatic rings. The van der Waals surface area contributed by atoms with Crippen LogP contribution in [0, 0.1) is 12.7 Å². The van der Waals surface area contributed by atoms with Crippen molar-refractivity contribution in [1.82, 2.24) is 10.5 Å². The van der Waals surface area contributed by atoms with Gasteiger partial charge in [-0.25, -0.2) is 4.39 Å². The van der Waals surface area contributed by atoms with E-state index in [0.717, 1.165) is 10.4 Å². The van der Waals surface area contributed by atoms with E-state index in [-0.39, 0.29) is 23.8 Å². The predicted molar refractivity (Wildman–Crippen MR) is 86.5 cm³/mol. The van der Waals surface area contributed by atoms with Crippen molar-refractivity contribution in [3.8, 4) is 10.6 Å². The van der Waals surface area contributed by atoms with Gasteiger partial charge in [-0.3, -0.25) is 4.79 Å². The minimum Gasteiger partial charge on any atom is -0.367 e. The Labute approximate surface area is 135 Å². The highest BCUT2D eigenvalue weighted by molar-refractivity contribution is 7.13. The Kier molecular flexibility index (Phi) is 4.12. The molecule has 0 spiro atoms. The minimum atomic E-state index is -0.449. The number of anilines is 1. The monoisotopic (exact) mass is 331 g/mol. The van der Waals surface area contributed by atoms with Gasteiger partial charge in [0.25, 0.3) is 5.91 Å². The summed E-state index contributed by atoms with van der Waals surface area (Å²) in [6.07, 6.45) is 0. The Morgan fingerprint density at radius 3 is 2.87 bits per heavy atom. The number of carbonyl (C=O) groups excluding carboxylic acids is 1. The molecule has 2 aromatic heterocycles.